The summed E-state index contributed by atoms with van der Waals surface area (Å²) >= 11 is 0. The van der Waals surface area contributed by atoms with E-state index in [1.807, 2.05) is 45.6 Å². The quantitative estimate of drug-likeness (QED) is 0.597. The van der Waals surface area contributed by atoms with Crippen LogP contribution in [0.4, 0.5) is 4.79 Å². The molecule has 1 aliphatic heterocycles. The molecule has 0 bridgehead atoms. The summed E-state index contributed by atoms with van der Waals surface area (Å²) in [6.07, 6.45) is 2.31. The fourth-order valence-corrected chi connectivity index (χ4v) is 1.94. The first kappa shape index (κ1) is 15.5. The number of likely N-dealkylation sites (tertiary alicyclic amines) is 1. The second kappa shape index (κ2) is 6.08. The predicted octanol–water partition coefficient (Wildman–Crippen LogP) is 2.53. The van der Waals surface area contributed by atoms with Crippen LogP contribution in [0.2, 0.25) is 0 Å². The molecule has 1 heterocycles. The monoisotopic (exact) mass is 267 g/mol. The molecule has 5 heteroatoms. The van der Waals surface area contributed by atoms with Crippen LogP contribution in [0.1, 0.15) is 41.0 Å². The summed E-state index contributed by atoms with van der Waals surface area (Å²) in [4.78, 5) is 13.6. The van der Waals surface area contributed by atoms with Crippen molar-refractivity contribution in [1.82, 2.24) is 10.2 Å². The number of nitrogens with zero attached hydrogens (tertiary/aromatic N) is 1. The van der Waals surface area contributed by atoms with Crippen LogP contribution in [0.25, 0.3) is 0 Å². The minimum atomic E-state index is -0.475. The first-order valence-electron chi connectivity index (χ1n) is 6.65. The highest BCUT2D eigenvalue weighted by atomic mass is 16.6. The van der Waals surface area contributed by atoms with Crippen molar-refractivity contribution in [3.05, 3.63) is 11.6 Å². The first-order valence-corrected chi connectivity index (χ1v) is 6.65. The van der Waals surface area contributed by atoms with Gasteiger partial charge in [-0.15, -0.1) is 0 Å². The van der Waals surface area contributed by atoms with Crippen molar-refractivity contribution in [1.29, 1.82) is 5.41 Å². The molecule has 1 fully saturated rings. The van der Waals surface area contributed by atoms with Crippen LogP contribution in [0.15, 0.2) is 11.6 Å². The maximum absolute atomic E-state index is 11.7. The Morgan fingerprint density at radius 1 is 1.42 bits per heavy atom. The van der Waals surface area contributed by atoms with Crippen LogP contribution in [0.3, 0.4) is 0 Å². The van der Waals surface area contributed by atoms with E-state index in [1.165, 1.54) is 0 Å². The highest BCUT2D eigenvalue weighted by molar-refractivity contribution is 5.91. The zero-order valence-corrected chi connectivity index (χ0v) is 12.5. The molecule has 0 saturated carbocycles. The van der Waals surface area contributed by atoms with E-state index in [-0.39, 0.29) is 12.1 Å². The lowest BCUT2D eigenvalue weighted by molar-refractivity contribution is 0.0507. The lowest BCUT2D eigenvalue weighted by Gasteiger charge is -2.22. The Kier molecular flexibility index (Phi) is 4.97. The van der Waals surface area contributed by atoms with Crippen molar-refractivity contribution in [3.63, 3.8) is 0 Å². The molecule has 0 unspecified atom stereocenters. The van der Waals surface area contributed by atoms with Gasteiger partial charge in [-0.2, -0.15) is 0 Å². The number of amidine groups is 1. The van der Waals surface area contributed by atoms with Gasteiger partial charge >= 0.3 is 6.09 Å². The Labute approximate surface area is 115 Å². The maximum Gasteiger partial charge on any atom is 0.407 e. The van der Waals surface area contributed by atoms with Gasteiger partial charge in [0.2, 0.25) is 0 Å². The van der Waals surface area contributed by atoms with Gasteiger partial charge in [0, 0.05) is 13.1 Å². The second-order valence-electron chi connectivity index (χ2n) is 6.18. The summed E-state index contributed by atoms with van der Waals surface area (Å²) in [7, 11) is 0. The van der Waals surface area contributed by atoms with Gasteiger partial charge in [0.1, 0.15) is 11.4 Å². The fourth-order valence-electron chi connectivity index (χ4n) is 1.94. The van der Waals surface area contributed by atoms with E-state index < -0.39 is 5.60 Å². The number of hydrogen-bond donors (Lipinski definition) is 2. The SMILES string of the molecule is CC(C)=CC(=N)N1CC[C@@H](NC(=O)OC(C)(C)C)C1. The van der Waals surface area contributed by atoms with Crippen LogP contribution >= 0.6 is 0 Å². The summed E-state index contributed by atoms with van der Waals surface area (Å²) < 4.78 is 5.23. The maximum atomic E-state index is 11.7. The molecule has 1 atom stereocenters. The van der Waals surface area contributed by atoms with Crippen molar-refractivity contribution < 1.29 is 9.53 Å². The minimum Gasteiger partial charge on any atom is -0.444 e. The molecule has 0 spiro atoms. The van der Waals surface area contributed by atoms with Crippen LogP contribution in [-0.2, 0) is 4.74 Å². The predicted molar refractivity (Wildman–Crippen MR) is 76.5 cm³/mol. The van der Waals surface area contributed by atoms with Crippen molar-refractivity contribution in [3.8, 4) is 0 Å². The normalized spacial score (nSPS) is 19.0. The highest BCUT2D eigenvalue weighted by Gasteiger charge is 2.26. The molecular weight excluding hydrogens is 242 g/mol. The van der Waals surface area contributed by atoms with E-state index in [2.05, 4.69) is 5.32 Å². The largest absolute Gasteiger partial charge is 0.444 e. The van der Waals surface area contributed by atoms with E-state index in [4.69, 9.17) is 10.1 Å². The number of ether oxygens (including phenoxy) is 1. The molecule has 108 valence electrons. The Hall–Kier alpha value is -1.52. The van der Waals surface area contributed by atoms with Crippen LogP contribution in [0.5, 0.6) is 0 Å². The van der Waals surface area contributed by atoms with Crippen molar-refractivity contribution in [2.75, 3.05) is 13.1 Å². The molecule has 0 aromatic carbocycles. The molecule has 1 saturated heterocycles. The van der Waals surface area contributed by atoms with E-state index in [1.54, 1.807) is 0 Å². The topological polar surface area (TPSA) is 65.4 Å². The third kappa shape index (κ3) is 5.77. The number of hydrogen-bond acceptors (Lipinski definition) is 3. The molecule has 0 aromatic rings. The summed E-state index contributed by atoms with van der Waals surface area (Å²) in [5.74, 6) is 0.508. The Morgan fingerprint density at radius 3 is 2.58 bits per heavy atom. The first-order chi connectivity index (χ1) is 8.67. The van der Waals surface area contributed by atoms with Gasteiger partial charge in [0.15, 0.2) is 0 Å². The fraction of sp³-hybridized carbons (Fsp3) is 0.714. The number of nitrogens with one attached hydrogen (secondary N) is 2. The zero-order chi connectivity index (χ0) is 14.6. The standard InChI is InChI=1S/C14H25N3O2/c1-10(2)8-12(15)17-7-6-11(9-17)16-13(18)19-14(3,4)5/h8,11,15H,6-7,9H2,1-5H3,(H,16,18)/t11-/m1/s1. The number of carbonyl (C=O) groups is 1. The Morgan fingerprint density at radius 2 is 2.05 bits per heavy atom. The summed E-state index contributed by atoms with van der Waals surface area (Å²) in [6, 6.07) is 0.0563. The summed E-state index contributed by atoms with van der Waals surface area (Å²) in [6.45, 7) is 10.9. The van der Waals surface area contributed by atoms with Gasteiger partial charge in [-0.25, -0.2) is 4.79 Å². The molecule has 19 heavy (non-hydrogen) atoms. The number of carbonyl (C=O) groups excluding carboxylic acids is 1. The Balaban J connectivity index is 2.43. The van der Waals surface area contributed by atoms with Crippen LogP contribution in [-0.4, -0.2) is 41.6 Å². The van der Waals surface area contributed by atoms with Crippen LogP contribution < -0.4 is 5.32 Å². The molecule has 1 amide bonds. The molecule has 2 N–H and O–H groups in total. The molecule has 0 radical (unpaired) electrons. The molecular formula is C14H25N3O2. The molecule has 0 aliphatic carbocycles. The van der Waals surface area contributed by atoms with Crippen molar-refractivity contribution >= 4 is 11.9 Å². The lowest BCUT2D eigenvalue weighted by atomic mass is 10.2. The van der Waals surface area contributed by atoms with Gasteiger partial charge in [-0.3, -0.25) is 5.41 Å². The number of rotatable bonds is 2. The molecule has 1 rings (SSSR count). The van der Waals surface area contributed by atoms with E-state index >= 15 is 0 Å². The zero-order valence-electron chi connectivity index (χ0n) is 12.5. The average Bonchev–Trinajstić information content (AvgIpc) is 2.61. The van der Waals surface area contributed by atoms with Crippen molar-refractivity contribution in [2.24, 2.45) is 0 Å². The number of alkyl carbamates (subject to hydrolysis) is 1. The molecule has 1 aliphatic rings. The third-order valence-corrected chi connectivity index (χ3v) is 2.68. The smallest absolute Gasteiger partial charge is 0.407 e. The van der Waals surface area contributed by atoms with E-state index in [0.29, 0.717) is 12.4 Å². The summed E-state index contributed by atoms with van der Waals surface area (Å²) in [5.41, 5.74) is 0.630. The van der Waals surface area contributed by atoms with Gasteiger partial charge in [0.05, 0.1) is 6.04 Å². The van der Waals surface area contributed by atoms with Gasteiger partial charge in [-0.1, -0.05) is 5.57 Å². The van der Waals surface area contributed by atoms with Crippen molar-refractivity contribution in [2.45, 2.75) is 52.7 Å². The lowest BCUT2D eigenvalue weighted by Crippen LogP contribution is -2.41. The Bertz CT molecular complexity index is 379. The van der Waals surface area contributed by atoms with E-state index in [0.717, 1.165) is 18.5 Å². The van der Waals surface area contributed by atoms with Gasteiger partial charge < -0.3 is 15.0 Å². The molecule has 5 nitrogen and oxygen atoms in total. The van der Waals surface area contributed by atoms with Gasteiger partial charge in [-0.05, 0) is 47.1 Å². The minimum absolute atomic E-state index is 0.0563. The summed E-state index contributed by atoms with van der Waals surface area (Å²) in [5, 5.41) is 10.8. The third-order valence-electron chi connectivity index (χ3n) is 2.68. The number of amides is 1. The van der Waals surface area contributed by atoms with Gasteiger partial charge in [0.25, 0.3) is 0 Å². The second-order valence-corrected chi connectivity index (χ2v) is 6.18. The average molecular weight is 267 g/mol. The van der Waals surface area contributed by atoms with Crippen LogP contribution in [0, 0.1) is 5.41 Å². The molecule has 0 aromatic heterocycles. The highest BCUT2D eigenvalue weighted by Crippen LogP contribution is 2.12. The number of allylic oxidation sites excluding steroid dienone is 1. The van der Waals surface area contributed by atoms with E-state index in [9.17, 15) is 4.79 Å².